The molecule has 0 radical (unpaired) electrons. The molecule has 1 heteroatoms. The molecule has 0 saturated heterocycles. The van der Waals surface area contributed by atoms with Crippen LogP contribution < -0.4 is 0 Å². The van der Waals surface area contributed by atoms with Gasteiger partial charge in [0, 0.05) is 11.3 Å². The van der Waals surface area contributed by atoms with Crippen molar-refractivity contribution in [1.82, 2.24) is 4.98 Å². The van der Waals surface area contributed by atoms with Gasteiger partial charge in [-0.2, -0.15) is 0 Å². The summed E-state index contributed by atoms with van der Waals surface area (Å²) in [7, 11) is 0. The summed E-state index contributed by atoms with van der Waals surface area (Å²) < 4.78 is 0. The maximum atomic E-state index is 4.76. The van der Waals surface area contributed by atoms with E-state index in [0.717, 1.165) is 17.8 Å². The van der Waals surface area contributed by atoms with Crippen molar-refractivity contribution in [3.63, 3.8) is 0 Å². The summed E-state index contributed by atoms with van der Waals surface area (Å²) in [5, 5.41) is 0. The van der Waals surface area contributed by atoms with Crippen LogP contribution in [0.25, 0.3) is 11.3 Å². The second kappa shape index (κ2) is 6.21. The van der Waals surface area contributed by atoms with E-state index in [4.69, 9.17) is 4.98 Å². The van der Waals surface area contributed by atoms with Gasteiger partial charge >= 0.3 is 0 Å². The highest BCUT2D eigenvalue weighted by Gasteiger charge is 2.07. The fourth-order valence-electron chi connectivity index (χ4n) is 2.63. The highest BCUT2D eigenvalue weighted by atomic mass is 14.7. The van der Waals surface area contributed by atoms with Crippen molar-refractivity contribution in [3.8, 4) is 11.3 Å². The molecule has 0 saturated carbocycles. The molecule has 0 unspecified atom stereocenters. The molecule has 0 atom stereocenters. The lowest BCUT2D eigenvalue weighted by atomic mass is 9.99. The van der Waals surface area contributed by atoms with Crippen LogP contribution in [0.3, 0.4) is 0 Å². The Morgan fingerprint density at radius 1 is 0.900 bits per heavy atom. The zero-order valence-electron chi connectivity index (χ0n) is 13.3. The van der Waals surface area contributed by atoms with Crippen LogP contribution in [-0.2, 0) is 6.42 Å². The van der Waals surface area contributed by atoms with E-state index in [-0.39, 0.29) is 0 Å². The third-order valence-corrected chi connectivity index (χ3v) is 3.64. The van der Waals surface area contributed by atoms with Gasteiger partial charge < -0.3 is 0 Å². The number of nitrogens with zero attached hydrogens (tertiary/aromatic N) is 1. The van der Waals surface area contributed by atoms with Gasteiger partial charge in [0.25, 0.3) is 0 Å². The summed E-state index contributed by atoms with van der Waals surface area (Å²) in [4.78, 5) is 4.76. The quantitative estimate of drug-likeness (QED) is 0.724. The summed E-state index contributed by atoms with van der Waals surface area (Å²) in [6.07, 6.45) is 1.14. The highest BCUT2D eigenvalue weighted by molar-refractivity contribution is 5.60. The molecule has 1 aromatic heterocycles. The third-order valence-electron chi connectivity index (χ3n) is 3.64. The maximum absolute atomic E-state index is 4.76. The summed E-state index contributed by atoms with van der Waals surface area (Å²) in [5.74, 6) is 1.23. The van der Waals surface area contributed by atoms with Gasteiger partial charge in [-0.3, -0.25) is 4.98 Å². The van der Waals surface area contributed by atoms with Crippen LogP contribution in [0.4, 0.5) is 0 Å². The molecule has 1 nitrogen and oxygen atoms in total. The monoisotopic (exact) mass is 267 g/mol. The normalized spacial score (nSPS) is 11.3. The minimum atomic E-state index is 0.532. The number of aromatic nitrogens is 1. The van der Waals surface area contributed by atoms with Crippen molar-refractivity contribution < 1.29 is 0 Å². The number of benzene rings is 1. The summed E-state index contributed by atoms with van der Waals surface area (Å²) in [5.41, 5.74) is 6.16. The van der Waals surface area contributed by atoms with E-state index in [1.807, 2.05) is 0 Å². The average Bonchev–Trinajstić information content (AvgIpc) is 2.38. The molecule has 0 bridgehead atoms. The smallest absolute Gasteiger partial charge is 0.0705 e. The van der Waals surface area contributed by atoms with E-state index in [0.29, 0.717) is 11.8 Å². The van der Waals surface area contributed by atoms with Crippen molar-refractivity contribution >= 4 is 0 Å². The minimum absolute atomic E-state index is 0.532. The standard InChI is InChI=1S/C19H25N/c1-13(2)12-16-6-8-17(9-7-16)19-11-10-18(14(3)4)15(5)20-19/h6-11,13-14H,12H2,1-5H3. The fourth-order valence-corrected chi connectivity index (χ4v) is 2.63. The predicted molar refractivity (Wildman–Crippen MR) is 87.0 cm³/mol. The lowest BCUT2D eigenvalue weighted by Crippen LogP contribution is -1.97. The second-order valence-electron chi connectivity index (χ2n) is 6.32. The van der Waals surface area contributed by atoms with Crippen LogP contribution in [-0.4, -0.2) is 4.98 Å². The van der Waals surface area contributed by atoms with Crippen LogP contribution in [0.1, 0.15) is 50.4 Å². The van der Waals surface area contributed by atoms with Crippen LogP contribution >= 0.6 is 0 Å². The van der Waals surface area contributed by atoms with E-state index < -0.39 is 0 Å². The topological polar surface area (TPSA) is 12.9 Å². The Morgan fingerprint density at radius 3 is 2.05 bits per heavy atom. The Balaban J connectivity index is 2.25. The molecule has 0 N–H and O–H groups in total. The molecule has 106 valence electrons. The molecule has 0 aliphatic carbocycles. The van der Waals surface area contributed by atoms with Gasteiger partial charge in [0.05, 0.1) is 5.69 Å². The van der Waals surface area contributed by atoms with Gasteiger partial charge in [-0.25, -0.2) is 0 Å². The Bertz CT molecular complexity index is 565. The Hall–Kier alpha value is -1.63. The molecule has 2 aromatic rings. The molecular weight excluding hydrogens is 242 g/mol. The molecule has 0 spiro atoms. The average molecular weight is 267 g/mol. The third kappa shape index (κ3) is 3.47. The van der Waals surface area contributed by atoms with Gasteiger partial charge in [-0.05, 0) is 42.4 Å². The van der Waals surface area contributed by atoms with Crippen molar-refractivity contribution in [2.75, 3.05) is 0 Å². The van der Waals surface area contributed by atoms with Gasteiger partial charge in [-0.15, -0.1) is 0 Å². The second-order valence-corrected chi connectivity index (χ2v) is 6.32. The molecule has 0 amide bonds. The van der Waals surface area contributed by atoms with Gasteiger partial charge in [0.15, 0.2) is 0 Å². The number of rotatable bonds is 4. The molecule has 0 aliphatic heterocycles. The van der Waals surface area contributed by atoms with E-state index in [1.54, 1.807) is 0 Å². The molecule has 1 heterocycles. The van der Waals surface area contributed by atoms with E-state index in [9.17, 15) is 0 Å². The number of hydrogen-bond donors (Lipinski definition) is 0. The molecular formula is C19H25N. The Morgan fingerprint density at radius 2 is 1.55 bits per heavy atom. The largest absolute Gasteiger partial charge is 0.253 e. The molecule has 2 rings (SSSR count). The number of hydrogen-bond acceptors (Lipinski definition) is 1. The first kappa shape index (κ1) is 14.8. The predicted octanol–water partition coefficient (Wildman–Crippen LogP) is 5.38. The molecule has 1 aromatic carbocycles. The van der Waals surface area contributed by atoms with Crippen molar-refractivity contribution in [3.05, 3.63) is 53.2 Å². The first-order valence-corrected chi connectivity index (χ1v) is 7.54. The summed E-state index contributed by atoms with van der Waals surface area (Å²) in [6, 6.07) is 13.2. The zero-order chi connectivity index (χ0) is 14.7. The van der Waals surface area contributed by atoms with Crippen LogP contribution in [0.15, 0.2) is 36.4 Å². The first-order valence-electron chi connectivity index (χ1n) is 7.54. The van der Waals surface area contributed by atoms with Crippen molar-refractivity contribution in [2.45, 2.75) is 47.0 Å². The van der Waals surface area contributed by atoms with Crippen LogP contribution in [0, 0.1) is 12.8 Å². The maximum Gasteiger partial charge on any atom is 0.0705 e. The highest BCUT2D eigenvalue weighted by Crippen LogP contribution is 2.23. The fraction of sp³-hybridized carbons (Fsp3) is 0.421. The Kier molecular flexibility index (Phi) is 4.59. The van der Waals surface area contributed by atoms with Crippen molar-refractivity contribution in [1.29, 1.82) is 0 Å². The lowest BCUT2D eigenvalue weighted by Gasteiger charge is -2.11. The zero-order valence-corrected chi connectivity index (χ0v) is 13.3. The van der Waals surface area contributed by atoms with Gasteiger partial charge in [0.2, 0.25) is 0 Å². The molecule has 0 fully saturated rings. The van der Waals surface area contributed by atoms with E-state index in [1.165, 1.54) is 16.7 Å². The van der Waals surface area contributed by atoms with E-state index in [2.05, 4.69) is 71.0 Å². The van der Waals surface area contributed by atoms with Crippen molar-refractivity contribution in [2.24, 2.45) is 5.92 Å². The SMILES string of the molecule is Cc1nc(-c2ccc(CC(C)C)cc2)ccc1C(C)C. The minimum Gasteiger partial charge on any atom is -0.253 e. The first-order chi connectivity index (χ1) is 9.47. The molecule has 0 aliphatic rings. The van der Waals surface area contributed by atoms with E-state index >= 15 is 0 Å². The van der Waals surface area contributed by atoms with Gasteiger partial charge in [-0.1, -0.05) is 58.0 Å². The number of pyridine rings is 1. The number of aryl methyl sites for hydroxylation is 1. The summed E-state index contributed by atoms with van der Waals surface area (Å²) >= 11 is 0. The Labute approximate surface area is 123 Å². The van der Waals surface area contributed by atoms with Crippen LogP contribution in [0.5, 0.6) is 0 Å². The molecule has 20 heavy (non-hydrogen) atoms. The van der Waals surface area contributed by atoms with Gasteiger partial charge in [0.1, 0.15) is 0 Å². The lowest BCUT2D eigenvalue weighted by molar-refractivity contribution is 0.647. The summed E-state index contributed by atoms with van der Waals surface area (Å²) in [6.45, 7) is 11.0. The van der Waals surface area contributed by atoms with Crippen LogP contribution in [0.2, 0.25) is 0 Å².